The highest BCUT2D eigenvalue weighted by atomic mass is 35.5. The van der Waals surface area contributed by atoms with Gasteiger partial charge in [0.05, 0.1) is 28.7 Å². The van der Waals surface area contributed by atoms with Crippen LogP contribution in [0.25, 0.3) is 0 Å². The van der Waals surface area contributed by atoms with Gasteiger partial charge in [0.1, 0.15) is 5.69 Å². The molecule has 0 saturated carbocycles. The fraction of sp³-hybridized carbons (Fsp3) is 0.263. The third-order valence-corrected chi connectivity index (χ3v) is 4.28. The summed E-state index contributed by atoms with van der Waals surface area (Å²) in [5.74, 6) is -0.839. The van der Waals surface area contributed by atoms with Crippen LogP contribution in [0.1, 0.15) is 22.3 Å². The molecule has 0 fully saturated rings. The fourth-order valence-corrected chi connectivity index (χ4v) is 2.91. The van der Waals surface area contributed by atoms with E-state index in [2.05, 4.69) is 5.32 Å². The topological polar surface area (TPSA) is 117 Å². The van der Waals surface area contributed by atoms with Crippen molar-refractivity contribution in [3.05, 3.63) is 56.6 Å². The van der Waals surface area contributed by atoms with Crippen molar-refractivity contribution in [2.24, 2.45) is 0 Å². The molecule has 1 N–H and O–H groups in total. The first kappa shape index (κ1) is 20.4. The zero-order chi connectivity index (χ0) is 21.0. The predicted octanol–water partition coefficient (Wildman–Crippen LogP) is 3.51. The number of nitro groups is 1. The first-order chi connectivity index (χ1) is 13.8. The van der Waals surface area contributed by atoms with Crippen molar-refractivity contribution in [3.63, 3.8) is 0 Å². The van der Waals surface area contributed by atoms with Crippen LogP contribution in [-0.4, -0.2) is 36.6 Å². The molecule has 0 aliphatic carbocycles. The van der Waals surface area contributed by atoms with E-state index in [9.17, 15) is 19.7 Å². The maximum Gasteiger partial charge on any atom is 0.338 e. The number of hydrogen-bond donors (Lipinski definition) is 1. The van der Waals surface area contributed by atoms with E-state index in [-0.39, 0.29) is 22.0 Å². The maximum absolute atomic E-state index is 12.3. The quantitative estimate of drug-likeness (QED) is 0.446. The number of ether oxygens (including phenoxy) is 3. The first-order valence-corrected chi connectivity index (χ1v) is 9.04. The van der Waals surface area contributed by atoms with E-state index in [0.29, 0.717) is 36.7 Å². The van der Waals surface area contributed by atoms with E-state index in [0.717, 1.165) is 0 Å². The minimum atomic E-state index is -0.795. The standard InChI is InChI=1S/C19H17ClN2O7/c1-11-3-4-14(15(7-11)22(25)26)21-17(23)10-29-19(24)12-8-13(20)18-16(9-12)27-5-2-6-28-18/h3-4,7-9H,2,5-6,10H2,1H3,(H,21,23). The molecule has 29 heavy (non-hydrogen) atoms. The normalized spacial score (nSPS) is 12.6. The van der Waals surface area contributed by atoms with Gasteiger partial charge in [-0.15, -0.1) is 0 Å². The molecule has 1 heterocycles. The third-order valence-electron chi connectivity index (χ3n) is 4.00. The highest BCUT2D eigenvalue weighted by Gasteiger charge is 2.21. The number of nitro benzene ring substituents is 1. The number of anilines is 1. The van der Waals surface area contributed by atoms with Gasteiger partial charge < -0.3 is 19.5 Å². The number of halogens is 1. The second-order valence-electron chi connectivity index (χ2n) is 6.24. The number of hydrogen-bond acceptors (Lipinski definition) is 7. The van der Waals surface area contributed by atoms with Crippen molar-refractivity contribution in [1.29, 1.82) is 0 Å². The lowest BCUT2D eigenvalue weighted by molar-refractivity contribution is -0.384. The van der Waals surface area contributed by atoms with Crippen LogP contribution in [0.4, 0.5) is 11.4 Å². The number of benzene rings is 2. The van der Waals surface area contributed by atoms with Gasteiger partial charge in [-0.2, -0.15) is 0 Å². The van der Waals surface area contributed by atoms with Crippen LogP contribution in [0.15, 0.2) is 30.3 Å². The number of amides is 1. The van der Waals surface area contributed by atoms with Crippen molar-refractivity contribution in [3.8, 4) is 11.5 Å². The molecule has 1 aliphatic heterocycles. The van der Waals surface area contributed by atoms with Crippen molar-refractivity contribution >= 4 is 34.9 Å². The Balaban J connectivity index is 1.65. The Bertz CT molecular complexity index is 977. The molecular formula is C19H17ClN2O7. The van der Waals surface area contributed by atoms with E-state index in [1.165, 1.54) is 24.3 Å². The molecule has 0 atom stereocenters. The van der Waals surface area contributed by atoms with Crippen LogP contribution in [0.2, 0.25) is 5.02 Å². The van der Waals surface area contributed by atoms with Gasteiger partial charge in [-0.05, 0) is 30.7 Å². The zero-order valence-corrected chi connectivity index (χ0v) is 16.2. The van der Waals surface area contributed by atoms with Crippen LogP contribution < -0.4 is 14.8 Å². The summed E-state index contributed by atoms with van der Waals surface area (Å²) in [6.07, 6.45) is 0.677. The number of fused-ring (bicyclic) bond motifs is 1. The minimum Gasteiger partial charge on any atom is -0.489 e. The van der Waals surface area contributed by atoms with Crippen molar-refractivity contribution < 1.29 is 28.7 Å². The van der Waals surface area contributed by atoms with Crippen LogP contribution in [-0.2, 0) is 9.53 Å². The SMILES string of the molecule is Cc1ccc(NC(=O)COC(=O)c2cc(Cl)c3c(c2)OCCCO3)c([N+](=O)[O-])c1. The number of carbonyl (C=O) groups excluding carboxylic acids is 2. The number of rotatable bonds is 5. The summed E-state index contributed by atoms with van der Waals surface area (Å²) < 4.78 is 16.0. The van der Waals surface area contributed by atoms with Gasteiger partial charge in [-0.3, -0.25) is 14.9 Å². The smallest absolute Gasteiger partial charge is 0.338 e. The van der Waals surface area contributed by atoms with Gasteiger partial charge in [-0.25, -0.2) is 4.79 Å². The van der Waals surface area contributed by atoms with Crippen LogP contribution in [0.5, 0.6) is 11.5 Å². The predicted molar refractivity (Wildman–Crippen MR) is 104 cm³/mol. The molecule has 3 rings (SSSR count). The van der Waals surface area contributed by atoms with Gasteiger partial charge in [0, 0.05) is 12.5 Å². The average Bonchev–Trinajstić information content (AvgIpc) is 2.93. The second kappa shape index (κ2) is 8.78. The number of nitrogens with zero attached hydrogens (tertiary/aromatic N) is 1. The third kappa shape index (κ3) is 4.94. The Labute approximate surface area is 170 Å². The Morgan fingerprint density at radius 3 is 2.76 bits per heavy atom. The molecular weight excluding hydrogens is 404 g/mol. The summed E-state index contributed by atoms with van der Waals surface area (Å²) >= 11 is 6.14. The van der Waals surface area contributed by atoms with Crippen LogP contribution in [0, 0.1) is 17.0 Å². The molecule has 1 aliphatic rings. The molecule has 2 aromatic rings. The summed E-state index contributed by atoms with van der Waals surface area (Å²) in [6, 6.07) is 7.16. The summed E-state index contributed by atoms with van der Waals surface area (Å²) in [5, 5.41) is 13.7. The van der Waals surface area contributed by atoms with E-state index >= 15 is 0 Å². The number of esters is 1. The number of carbonyl (C=O) groups is 2. The van der Waals surface area contributed by atoms with Gasteiger partial charge in [0.15, 0.2) is 18.1 Å². The van der Waals surface area contributed by atoms with Crippen LogP contribution in [0.3, 0.4) is 0 Å². The van der Waals surface area contributed by atoms with Gasteiger partial charge in [0.2, 0.25) is 0 Å². The Morgan fingerprint density at radius 1 is 1.24 bits per heavy atom. The van der Waals surface area contributed by atoms with E-state index < -0.39 is 23.4 Å². The molecule has 0 bridgehead atoms. The summed E-state index contributed by atoms with van der Waals surface area (Å²) in [6.45, 7) is 1.93. The highest BCUT2D eigenvalue weighted by Crippen LogP contribution is 2.38. The molecule has 0 saturated heterocycles. The molecule has 0 spiro atoms. The van der Waals surface area contributed by atoms with Crippen molar-refractivity contribution in [2.75, 3.05) is 25.1 Å². The molecule has 9 nitrogen and oxygen atoms in total. The van der Waals surface area contributed by atoms with Crippen molar-refractivity contribution in [1.82, 2.24) is 0 Å². The number of aryl methyl sites for hydroxylation is 1. The Morgan fingerprint density at radius 2 is 2.00 bits per heavy atom. The largest absolute Gasteiger partial charge is 0.489 e. The summed E-state index contributed by atoms with van der Waals surface area (Å²) in [4.78, 5) is 34.9. The molecule has 0 unspecified atom stereocenters. The zero-order valence-electron chi connectivity index (χ0n) is 15.4. The van der Waals surface area contributed by atoms with Crippen molar-refractivity contribution in [2.45, 2.75) is 13.3 Å². The minimum absolute atomic E-state index is 0.0141. The fourth-order valence-electron chi connectivity index (χ4n) is 2.65. The first-order valence-electron chi connectivity index (χ1n) is 8.66. The molecule has 0 radical (unpaired) electrons. The summed E-state index contributed by atoms with van der Waals surface area (Å²) in [5.41, 5.74) is 0.528. The van der Waals surface area contributed by atoms with Gasteiger partial charge in [-0.1, -0.05) is 17.7 Å². The lowest BCUT2D eigenvalue weighted by Crippen LogP contribution is -2.21. The number of nitrogens with one attached hydrogen (secondary N) is 1. The lowest BCUT2D eigenvalue weighted by atomic mass is 10.2. The van der Waals surface area contributed by atoms with Gasteiger partial charge in [0.25, 0.3) is 11.6 Å². The Hall–Kier alpha value is -3.33. The average molecular weight is 421 g/mol. The second-order valence-corrected chi connectivity index (χ2v) is 6.65. The molecule has 10 heteroatoms. The molecule has 2 aromatic carbocycles. The Kier molecular flexibility index (Phi) is 6.18. The molecule has 1 amide bonds. The monoisotopic (exact) mass is 420 g/mol. The molecule has 152 valence electrons. The maximum atomic E-state index is 12.3. The highest BCUT2D eigenvalue weighted by molar-refractivity contribution is 6.32. The summed E-state index contributed by atoms with van der Waals surface area (Å²) in [7, 11) is 0. The van der Waals surface area contributed by atoms with E-state index in [4.69, 9.17) is 25.8 Å². The van der Waals surface area contributed by atoms with Gasteiger partial charge >= 0.3 is 5.97 Å². The lowest BCUT2D eigenvalue weighted by Gasteiger charge is -2.11. The van der Waals surface area contributed by atoms with E-state index in [1.807, 2.05) is 0 Å². The van der Waals surface area contributed by atoms with Crippen LogP contribution >= 0.6 is 11.6 Å². The molecule has 0 aromatic heterocycles. The van der Waals surface area contributed by atoms with E-state index in [1.54, 1.807) is 13.0 Å².